The van der Waals surface area contributed by atoms with Gasteiger partial charge in [0, 0.05) is 18.4 Å². The molecule has 3 rings (SSSR count). The number of carbonyl (C=O) groups is 1. The van der Waals surface area contributed by atoms with Gasteiger partial charge in [-0.05, 0) is 61.2 Å². The van der Waals surface area contributed by atoms with E-state index in [1.165, 1.54) is 5.56 Å². The molecule has 6 heteroatoms. The molecule has 2 aromatic carbocycles. The molecular weight excluding hydrogens is 352 g/mol. The minimum Gasteiger partial charge on any atom is -0.497 e. The van der Waals surface area contributed by atoms with Gasteiger partial charge in [-0.2, -0.15) is 0 Å². The molecule has 0 bridgehead atoms. The van der Waals surface area contributed by atoms with Crippen LogP contribution in [0.1, 0.15) is 27.2 Å². The largest absolute Gasteiger partial charge is 0.497 e. The van der Waals surface area contributed by atoms with E-state index in [2.05, 4.69) is 20.6 Å². The van der Waals surface area contributed by atoms with Crippen LogP contribution in [0, 0.1) is 13.8 Å². The van der Waals surface area contributed by atoms with Crippen molar-refractivity contribution in [1.29, 1.82) is 0 Å². The van der Waals surface area contributed by atoms with Gasteiger partial charge >= 0.3 is 0 Å². The SMILES string of the molecule is COc1ccc(CCNc2nccc(C(=O)Nc3cccc(C)c3C)n2)cc1. The number of hydrogen-bond donors (Lipinski definition) is 2. The fourth-order valence-corrected chi connectivity index (χ4v) is 2.75. The molecule has 0 fully saturated rings. The number of benzene rings is 2. The Balaban J connectivity index is 1.59. The molecule has 1 heterocycles. The van der Waals surface area contributed by atoms with Crippen molar-refractivity contribution in [3.8, 4) is 5.75 Å². The number of nitrogens with one attached hydrogen (secondary N) is 2. The summed E-state index contributed by atoms with van der Waals surface area (Å²) in [5.74, 6) is 1.01. The van der Waals surface area contributed by atoms with E-state index in [0.29, 0.717) is 18.2 Å². The maximum Gasteiger partial charge on any atom is 0.274 e. The molecule has 144 valence electrons. The molecule has 1 amide bonds. The first kappa shape index (κ1) is 19.4. The van der Waals surface area contributed by atoms with Crippen LogP contribution in [0.2, 0.25) is 0 Å². The summed E-state index contributed by atoms with van der Waals surface area (Å²) in [5.41, 5.74) is 4.46. The first-order chi connectivity index (χ1) is 13.6. The standard InChI is InChI=1S/C22H24N4O2/c1-15-5-4-6-19(16(15)2)25-21(27)20-12-14-24-22(26-20)23-13-11-17-7-9-18(28-3)10-8-17/h4-10,12,14H,11,13H2,1-3H3,(H,25,27)(H,23,24,26). The lowest BCUT2D eigenvalue weighted by molar-refractivity contribution is 0.102. The van der Waals surface area contributed by atoms with Gasteiger partial charge < -0.3 is 15.4 Å². The predicted molar refractivity (Wildman–Crippen MR) is 111 cm³/mol. The second-order valence-electron chi connectivity index (χ2n) is 6.49. The lowest BCUT2D eigenvalue weighted by Gasteiger charge is -2.11. The Morgan fingerprint density at radius 2 is 1.86 bits per heavy atom. The molecule has 0 unspecified atom stereocenters. The summed E-state index contributed by atoms with van der Waals surface area (Å²) in [5, 5.41) is 6.09. The maximum atomic E-state index is 12.5. The Labute approximate surface area is 165 Å². The number of methoxy groups -OCH3 is 1. The molecule has 1 aromatic heterocycles. The number of anilines is 2. The van der Waals surface area contributed by atoms with Gasteiger partial charge in [0.2, 0.25) is 5.95 Å². The molecule has 0 aliphatic rings. The van der Waals surface area contributed by atoms with Crippen LogP contribution >= 0.6 is 0 Å². The number of aromatic nitrogens is 2. The second kappa shape index (κ2) is 8.99. The van der Waals surface area contributed by atoms with Crippen LogP contribution in [-0.2, 0) is 6.42 Å². The number of carbonyl (C=O) groups excluding carboxylic acids is 1. The molecule has 0 saturated carbocycles. The second-order valence-corrected chi connectivity index (χ2v) is 6.49. The average Bonchev–Trinajstić information content (AvgIpc) is 2.72. The fraction of sp³-hybridized carbons (Fsp3) is 0.227. The van der Waals surface area contributed by atoms with Gasteiger partial charge in [-0.25, -0.2) is 9.97 Å². The quantitative estimate of drug-likeness (QED) is 0.652. The Morgan fingerprint density at radius 1 is 1.07 bits per heavy atom. The zero-order valence-electron chi connectivity index (χ0n) is 16.3. The fourth-order valence-electron chi connectivity index (χ4n) is 2.75. The van der Waals surface area contributed by atoms with Crippen LogP contribution in [0.15, 0.2) is 54.7 Å². The number of rotatable bonds is 7. The molecule has 0 aliphatic heterocycles. The van der Waals surface area contributed by atoms with Crippen molar-refractivity contribution < 1.29 is 9.53 Å². The predicted octanol–water partition coefficient (Wildman–Crippen LogP) is 4.01. The molecule has 2 N–H and O–H groups in total. The van der Waals surface area contributed by atoms with E-state index >= 15 is 0 Å². The highest BCUT2D eigenvalue weighted by Crippen LogP contribution is 2.18. The third-order valence-corrected chi connectivity index (χ3v) is 4.60. The Hall–Kier alpha value is -3.41. The van der Waals surface area contributed by atoms with E-state index in [4.69, 9.17) is 4.74 Å². The third kappa shape index (κ3) is 4.85. The van der Waals surface area contributed by atoms with Crippen molar-refractivity contribution in [2.24, 2.45) is 0 Å². The number of amides is 1. The lowest BCUT2D eigenvalue weighted by Crippen LogP contribution is -2.16. The maximum absolute atomic E-state index is 12.5. The van der Waals surface area contributed by atoms with Gasteiger partial charge in [0.1, 0.15) is 11.4 Å². The molecule has 0 aliphatic carbocycles. The van der Waals surface area contributed by atoms with Gasteiger partial charge in [-0.3, -0.25) is 4.79 Å². The molecule has 0 saturated heterocycles. The van der Waals surface area contributed by atoms with Crippen LogP contribution in [0.25, 0.3) is 0 Å². The van der Waals surface area contributed by atoms with Gasteiger partial charge in [0.05, 0.1) is 7.11 Å². The van der Waals surface area contributed by atoms with Crippen molar-refractivity contribution in [2.45, 2.75) is 20.3 Å². The summed E-state index contributed by atoms with van der Waals surface area (Å²) in [6, 6.07) is 15.3. The van der Waals surface area contributed by atoms with Gasteiger partial charge in [-0.1, -0.05) is 24.3 Å². The zero-order chi connectivity index (χ0) is 19.9. The summed E-state index contributed by atoms with van der Waals surface area (Å²) >= 11 is 0. The van der Waals surface area contributed by atoms with Gasteiger partial charge in [0.15, 0.2) is 0 Å². The summed E-state index contributed by atoms with van der Waals surface area (Å²) < 4.78 is 5.16. The smallest absolute Gasteiger partial charge is 0.274 e. The summed E-state index contributed by atoms with van der Waals surface area (Å²) in [6.45, 7) is 4.66. The van der Waals surface area contributed by atoms with Crippen LogP contribution in [0.5, 0.6) is 5.75 Å². The molecule has 3 aromatic rings. The highest BCUT2D eigenvalue weighted by Gasteiger charge is 2.11. The minimum absolute atomic E-state index is 0.255. The molecule has 0 radical (unpaired) electrons. The summed E-state index contributed by atoms with van der Waals surface area (Å²) in [6.07, 6.45) is 2.40. The summed E-state index contributed by atoms with van der Waals surface area (Å²) in [4.78, 5) is 21.1. The Kier molecular flexibility index (Phi) is 6.22. The number of nitrogens with zero attached hydrogens (tertiary/aromatic N) is 2. The van der Waals surface area contributed by atoms with Crippen molar-refractivity contribution >= 4 is 17.5 Å². The minimum atomic E-state index is -0.255. The average molecular weight is 376 g/mol. The van der Waals surface area contributed by atoms with E-state index in [-0.39, 0.29) is 5.91 Å². The number of aryl methyl sites for hydroxylation is 1. The monoisotopic (exact) mass is 376 g/mol. The Bertz CT molecular complexity index is 955. The highest BCUT2D eigenvalue weighted by molar-refractivity contribution is 6.03. The van der Waals surface area contributed by atoms with Crippen molar-refractivity contribution in [3.63, 3.8) is 0 Å². The summed E-state index contributed by atoms with van der Waals surface area (Å²) in [7, 11) is 1.65. The van der Waals surface area contributed by atoms with Crippen molar-refractivity contribution in [3.05, 3.63) is 77.1 Å². The van der Waals surface area contributed by atoms with Crippen LogP contribution < -0.4 is 15.4 Å². The molecule has 28 heavy (non-hydrogen) atoms. The zero-order valence-corrected chi connectivity index (χ0v) is 16.3. The van der Waals surface area contributed by atoms with E-state index in [9.17, 15) is 4.79 Å². The van der Waals surface area contributed by atoms with Crippen molar-refractivity contribution in [2.75, 3.05) is 24.3 Å². The highest BCUT2D eigenvalue weighted by atomic mass is 16.5. The molecule has 6 nitrogen and oxygen atoms in total. The van der Waals surface area contributed by atoms with Gasteiger partial charge in [0.25, 0.3) is 5.91 Å². The van der Waals surface area contributed by atoms with E-state index in [0.717, 1.165) is 29.0 Å². The first-order valence-corrected chi connectivity index (χ1v) is 9.14. The van der Waals surface area contributed by atoms with Gasteiger partial charge in [-0.15, -0.1) is 0 Å². The van der Waals surface area contributed by atoms with Crippen molar-refractivity contribution in [1.82, 2.24) is 9.97 Å². The first-order valence-electron chi connectivity index (χ1n) is 9.14. The molecule has 0 atom stereocenters. The van der Waals surface area contributed by atoms with E-state index in [1.54, 1.807) is 19.4 Å². The molecular formula is C22H24N4O2. The van der Waals surface area contributed by atoms with E-state index in [1.807, 2.05) is 56.3 Å². The third-order valence-electron chi connectivity index (χ3n) is 4.60. The number of hydrogen-bond acceptors (Lipinski definition) is 5. The number of ether oxygens (including phenoxy) is 1. The van der Waals surface area contributed by atoms with Crippen LogP contribution in [0.4, 0.5) is 11.6 Å². The van der Waals surface area contributed by atoms with Crippen LogP contribution in [0.3, 0.4) is 0 Å². The topological polar surface area (TPSA) is 76.1 Å². The lowest BCUT2D eigenvalue weighted by atomic mass is 10.1. The van der Waals surface area contributed by atoms with E-state index < -0.39 is 0 Å². The van der Waals surface area contributed by atoms with Crippen LogP contribution in [-0.4, -0.2) is 29.5 Å². The Morgan fingerprint density at radius 3 is 2.61 bits per heavy atom. The molecule has 0 spiro atoms. The normalized spacial score (nSPS) is 10.4.